The average Bonchev–Trinajstić information content (AvgIpc) is 2.82. The Balaban J connectivity index is 2.21. The molecule has 0 spiro atoms. The molecule has 1 fully saturated rings. The number of nitrogens with zero attached hydrogens (tertiary/aromatic N) is 1. The molecule has 1 aromatic rings. The van der Waals surface area contributed by atoms with Gasteiger partial charge in [0.05, 0.1) is 10.7 Å². The number of thiophene rings is 1. The Morgan fingerprint density at radius 1 is 1.47 bits per heavy atom. The molecule has 1 aliphatic heterocycles. The molecule has 3 N–H and O–H groups in total. The summed E-state index contributed by atoms with van der Waals surface area (Å²) in [4.78, 5) is 14.5. The number of carbonyl (C=O) groups is 1. The lowest BCUT2D eigenvalue weighted by Crippen LogP contribution is -2.18. The molecular formula is C12H19N3OS. The van der Waals surface area contributed by atoms with Crippen LogP contribution in [0.15, 0.2) is 6.07 Å². The second-order valence-corrected chi connectivity index (χ2v) is 5.84. The quantitative estimate of drug-likeness (QED) is 0.844. The highest BCUT2D eigenvalue weighted by atomic mass is 32.1. The van der Waals surface area contributed by atoms with Crippen molar-refractivity contribution in [1.82, 2.24) is 5.32 Å². The fraction of sp³-hybridized carbons (Fsp3) is 0.583. The zero-order valence-corrected chi connectivity index (χ0v) is 11.3. The second-order valence-electron chi connectivity index (χ2n) is 4.81. The van der Waals surface area contributed by atoms with Gasteiger partial charge in [0.15, 0.2) is 0 Å². The molecule has 0 aromatic carbocycles. The molecule has 0 aliphatic carbocycles. The minimum atomic E-state index is -0.0981. The van der Waals surface area contributed by atoms with Crippen molar-refractivity contribution in [3.63, 3.8) is 0 Å². The van der Waals surface area contributed by atoms with E-state index in [1.807, 2.05) is 6.07 Å². The number of amides is 1. The zero-order valence-electron chi connectivity index (χ0n) is 10.5. The van der Waals surface area contributed by atoms with Crippen LogP contribution in [0, 0.1) is 11.8 Å². The van der Waals surface area contributed by atoms with E-state index in [-0.39, 0.29) is 5.91 Å². The fourth-order valence-corrected chi connectivity index (χ4v) is 3.19. The van der Waals surface area contributed by atoms with Gasteiger partial charge in [-0.1, -0.05) is 13.8 Å². The van der Waals surface area contributed by atoms with Crippen molar-refractivity contribution < 1.29 is 4.79 Å². The third-order valence-electron chi connectivity index (χ3n) is 3.48. The maximum absolute atomic E-state index is 11.6. The van der Waals surface area contributed by atoms with Crippen LogP contribution in [0.3, 0.4) is 0 Å². The summed E-state index contributed by atoms with van der Waals surface area (Å²) in [6, 6.07) is 1.92. The van der Waals surface area contributed by atoms with Gasteiger partial charge in [-0.05, 0) is 17.9 Å². The molecule has 94 valence electrons. The van der Waals surface area contributed by atoms with Crippen molar-refractivity contribution in [2.75, 3.05) is 30.8 Å². The van der Waals surface area contributed by atoms with E-state index < -0.39 is 0 Å². The summed E-state index contributed by atoms with van der Waals surface area (Å²) in [7, 11) is 1.63. The maximum Gasteiger partial charge on any atom is 0.263 e. The minimum Gasteiger partial charge on any atom is -0.397 e. The standard InChI is InChI=1S/C12H19N3OS/c1-7-5-15(6-8(7)2)10-4-9(13)11(17-10)12(16)14-3/h4,7-8H,5-6,13H2,1-3H3,(H,14,16). The first-order chi connectivity index (χ1) is 8.02. The predicted molar refractivity (Wildman–Crippen MR) is 72.7 cm³/mol. The van der Waals surface area contributed by atoms with Gasteiger partial charge in [0, 0.05) is 20.1 Å². The van der Waals surface area contributed by atoms with Crippen molar-refractivity contribution in [2.24, 2.45) is 11.8 Å². The SMILES string of the molecule is CNC(=O)c1sc(N2CC(C)C(C)C2)cc1N. The summed E-state index contributed by atoms with van der Waals surface area (Å²) in [6.45, 7) is 6.63. The van der Waals surface area contributed by atoms with Gasteiger partial charge in [-0.3, -0.25) is 4.79 Å². The molecule has 1 aromatic heterocycles. The van der Waals surface area contributed by atoms with Crippen molar-refractivity contribution in [2.45, 2.75) is 13.8 Å². The van der Waals surface area contributed by atoms with Crippen LogP contribution in [0.5, 0.6) is 0 Å². The molecule has 17 heavy (non-hydrogen) atoms. The Morgan fingerprint density at radius 2 is 2.06 bits per heavy atom. The number of anilines is 2. The molecule has 0 bridgehead atoms. The van der Waals surface area contributed by atoms with Crippen LogP contribution in [0.25, 0.3) is 0 Å². The van der Waals surface area contributed by atoms with Gasteiger partial charge in [-0.15, -0.1) is 11.3 Å². The lowest BCUT2D eigenvalue weighted by Gasteiger charge is -2.15. The molecule has 5 heteroatoms. The van der Waals surface area contributed by atoms with Gasteiger partial charge < -0.3 is 16.0 Å². The number of rotatable bonds is 2. The van der Waals surface area contributed by atoms with Gasteiger partial charge in [-0.25, -0.2) is 0 Å². The minimum absolute atomic E-state index is 0.0981. The molecule has 2 atom stereocenters. The fourth-order valence-electron chi connectivity index (χ4n) is 2.15. The molecule has 2 rings (SSSR count). The van der Waals surface area contributed by atoms with E-state index >= 15 is 0 Å². The highest BCUT2D eigenvalue weighted by Crippen LogP contribution is 2.36. The molecule has 0 saturated carbocycles. The van der Waals surface area contributed by atoms with E-state index in [2.05, 4.69) is 24.1 Å². The molecule has 0 radical (unpaired) electrons. The molecule has 1 amide bonds. The monoisotopic (exact) mass is 253 g/mol. The molecular weight excluding hydrogens is 234 g/mol. The highest BCUT2D eigenvalue weighted by Gasteiger charge is 2.28. The van der Waals surface area contributed by atoms with Crippen LogP contribution in [-0.4, -0.2) is 26.0 Å². The Labute approximate surface area is 106 Å². The van der Waals surface area contributed by atoms with E-state index in [9.17, 15) is 4.79 Å². The number of nitrogens with one attached hydrogen (secondary N) is 1. The Hall–Kier alpha value is -1.23. The van der Waals surface area contributed by atoms with Crippen molar-refractivity contribution in [3.8, 4) is 0 Å². The average molecular weight is 253 g/mol. The Morgan fingerprint density at radius 3 is 2.59 bits per heavy atom. The Kier molecular flexibility index (Phi) is 3.28. The van der Waals surface area contributed by atoms with E-state index in [1.165, 1.54) is 11.3 Å². The first kappa shape index (κ1) is 12.2. The summed E-state index contributed by atoms with van der Waals surface area (Å²) in [5.41, 5.74) is 6.46. The van der Waals surface area contributed by atoms with Gasteiger partial charge in [0.2, 0.25) is 0 Å². The summed E-state index contributed by atoms with van der Waals surface area (Å²) < 4.78 is 0. The summed E-state index contributed by atoms with van der Waals surface area (Å²) in [6.07, 6.45) is 0. The van der Waals surface area contributed by atoms with Crippen LogP contribution in [0.1, 0.15) is 23.5 Å². The van der Waals surface area contributed by atoms with E-state index in [0.717, 1.165) is 18.1 Å². The number of hydrogen-bond acceptors (Lipinski definition) is 4. The highest BCUT2D eigenvalue weighted by molar-refractivity contribution is 7.18. The first-order valence-corrected chi connectivity index (χ1v) is 6.71. The lowest BCUT2D eigenvalue weighted by molar-refractivity contribution is 0.0968. The topological polar surface area (TPSA) is 58.4 Å². The number of hydrogen-bond donors (Lipinski definition) is 2. The van der Waals surface area contributed by atoms with E-state index in [4.69, 9.17) is 5.73 Å². The molecule has 2 heterocycles. The van der Waals surface area contributed by atoms with Crippen molar-refractivity contribution in [3.05, 3.63) is 10.9 Å². The van der Waals surface area contributed by atoms with Crippen molar-refractivity contribution in [1.29, 1.82) is 0 Å². The number of carbonyl (C=O) groups excluding carboxylic acids is 1. The van der Waals surface area contributed by atoms with Crippen LogP contribution >= 0.6 is 11.3 Å². The lowest BCUT2D eigenvalue weighted by atomic mass is 10.0. The predicted octanol–water partition coefficient (Wildman–Crippen LogP) is 1.78. The van der Waals surface area contributed by atoms with Gasteiger partial charge >= 0.3 is 0 Å². The van der Waals surface area contributed by atoms with Crippen LogP contribution in [0.2, 0.25) is 0 Å². The third kappa shape index (κ3) is 2.24. The third-order valence-corrected chi connectivity index (χ3v) is 4.69. The largest absolute Gasteiger partial charge is 0.397 e. The van der Waals surface area contributed by atoms with Crippen molar-refractivity contribution >= 4 is 27.9 Å². The summed E-state index contributed by atoms with van der Waals surface area (Å²) >= 11 is 1.48. The zero-order chi connectivity index (χ0) is 12.6. The second kappa shape index (κ2) is 4.56. The maximum atomic E-state index is 11.6. The number of nitrogens with two attached hydrogens (primary N) is 1. The molecule has 2 unspecified atom stereocenters. The normalized spacial score (nSPS) is 24.1. The van der Waals surface area contributed by atoms with E-state index in [0.29, 0.717) is 22.4 Å². The first-order valence-electron chi connectivity index (χ1n) is 5.89. The smallest absolute Gasteiger partial charge is 0.263 e. The number of nitrogen functional groups attached to an aromatic ring is 1. The van der Waals surface area contributed by atoms with Gasteiger partial charge in [0.1, 0.15) is 4.88 Å². The van der Waals surface area contributed by atoms with Gasteiger partial charge in [-0.2, -0.15) is 0 Å². The van der Waals surface area contributed by atoms with E-state index in [1.54, 1.807) is 7.05 Å². The van der Waals surface area contributed by atoms with Crippen LogP contribution < -0.4 is 16.0 Å². The van der Waals surface area contributed by atoms with Crippen LogP contribution in [-0.2, 0) is 0 Å². The Bertz CT molecular complexity index is 419. The summed E-state index contributed by atoms with van der Waals surface area (Å²) in [5, 5.41) is 3.73. The summed E-state index contributed by atoms with van der Waals surface area (Å²) in [5.74, 6) is 1.29. The molecule has 1 saturated heterocycles. The molecule has 1 aliphatic rings. The van der Waals surface area contributed by atoms with Crippen LogP contribution in [0.4, 0.5) is 10.7 Å². The molecule has 4 nitrogen and oxygen atoms in total. The van der Waals surface area contributed by atoms with Gasteiger partial charge in [0.25, 0.3) is 5.91 Å².